The maximum absolute atomic E-state index is 12.9. The van der Waals surface area contributed by atoms with Crippen LogP contribution in [0.15, 0.2) is 41.8 Å². The van der Waals surface area contributed by atoms with Crippen molar-refractivity contribution in [2.75, 3.05) is 35.3 Å². The van der Waals surface area contributed by atoms with Crippen molar-refractivity contribution in [3.8, 4) is 22.8 Å². The zero-order chi connectivity index (χ0) is 23.9. The van der Waals surface area contributed by atoms with E-state index >= 15 is 0 Å². The van der Waals surface area contributed by atoms with Crippen LogP contribution in [-0.2, 0) is 20.8 Å². The number of fused-ring (bicyclic) bond motifs is 2. The molecule has 2 aromatic carbocycles. The van der Waals surface area contributed by atoms with Crippen molar-refractivity contribution >= 4 is 45.6 Å². The SMILES string of the molecule is O=C1CCc2cc(-c3csc(NC(=O)[C@@H]4CC(=O)N(c5ccc6c(c5)OCCO6)C4)n3)ccc2N1. The molecule has 0 saturated carbocycles. The summed E-state index contributed by atoms with van der Waals surface area (Å²) in [7, 11) is 0. The number of benzene rings is 2. The molecule has 178 valence electrons. The number of nitrogens with one attached hydrogen (secondary N) is 2. The summed E-state index contributed by atoms with van der Waals surface area (Å²) in [4.78, 5) is 43.4. The van der Waals surface area contributed by atoms with Crippen LogP contribution in [0.3, 0.4) is 0 Å². The lowest BCUT2D eigenvalue weighted by Crippen LogP contribution is -2.28. The van der Waals surface area contributed by atoms with Crippen LogP contribution in [0.5, 0.6) is 11.5 Å². The van der Waals surface area contributed by atoms with Gasteiger partial charge in [-0.15, -0.1) is 11.3 Å². The predicted molar refractivity (Wildman–Crippen MR) is 131 cm³/mol. The zero-order valence-electron chi connectivity index (χ0n) is 18.7. The molecule has 1 aromatic heterocycles. The molecule has 3 aliphatic heterocycles. The Kier molecular flexibility index (Phi) is 5.37. The van der Waals surface area contributed by atoms with Crippen molar-refractivity contribution in [2.45, 2.75) is 19.3 Å². The van der Waals surface area contributed by atoms with Crippen LogP contribution in [0, 0.1) is 5.92 Å². The fourth-order valence-electron chi connectivity index (χ4n) is 4.55. The summed E-state index contributed by atoms with van der Waals surface area (Å²) in [5, 5.41) is 8.13. The molecular formula is C25H22N4O5S. The molecule has 6 rings (SSSR count). The number of hydrogen-bond acceptors (Lipinski definition) is 7. The molecule has 0 aliphatic carbocycles. The number of nitrogens with zero attached hydrogens (tertiary/aromatic N) is 2. The topological polar surface area (TPSA) is 110 Å². The van der Waals surface area contributed by atoms with Gasteiger partial charge in [0.25, 0.3) is 0 Å². The van der Waals surface area contributed by atoms with Gasteiger partial charge in [-0.25, -0.2) is 4.98 Å². The molecular weight excluding hydrogens is 468 g/mol. The van der Waals surface area contributed by atoms with Crippen LogP contribution in [-0.4, -0.2) is 42.5 Å². The molecule has 1 atom stereocenters. The van der Waals surface area contributed by atoms with Gasteiger partial charge in [0.2, 0.25) is 17.7 Å². The second kappa shape index (κ2) is 8.70. The van der Waals surface area contributed by atoms with Gasteiger partial charge in [0.15, 0.2) is 16.6 Å². The Morgan fingerprint density at radius 3 is 2.83 bits per heavy atom. The molecule has 0 radical (unpaired) electrons. The lowest BCUT2D eigenvalue weighted by Gasteiger charge is -2.22. The maximum Gasteiger partial charge on any atom is 0.231 e. The molecule has 3 aromatic rings. The molecule has 9 nitrogen and oxygen atoms in total. The number of rotatable bonds is 4. The van der Waals surface area contributed by atoms with E-state index in [1.807, 2.05) is 29.6 Å². The number of aryl methyl sites for hydroxylation is 1. The molecule has 0 spiro atoms. The van der Waals surface area contributed by atoms with E-state index in [4.69, 9.17) is 9.47 Å². The smallest absolute Gasteiger partial charge is 0.231 e. The second-order valence-corrected chi connectivity index (χ2v) is 9.54. The van der Waals surface area contributed by atoms with Crippen LogP contribution in [0.25, 0.3) is 11.3 Å². The van der Waals surface area contributed by atoms with E-state index in [9.17, 15) is 14.4 Å². The number of carbonyl (C=O) groups excluding carboxylic acids is 3. The van der Waals surface area contributed by atoms with Crippen molar-refractivity contribution in [3.63, 3.8) is 0 Å². The fraction of sp³-hybridized carbons (Fsp3) is 0.280. The van der Waals surface area contributed by atoms with Gasteiger partial charge in [0.1, 0.15) is 13.2 Å². The van der Waals surface area contributed by atoms with Gasteiger partial charge < -0.3 is 25.0 Å². The van der Waals surface area contributed by atoms with Gasteiger partial charge in [-0.2, -0.15) is 0 Å². The maximum atomic E-state index is 12.9. The average molecular weight is 491 g/mol. The average Bonchev–Trinajstić information content (AvgIpc) is 3.50. The van der Waals surface area contributed by atoms with Crippen LogP contribution >= 0.6 is 11.3 Å². The minimum Gasteiger partial charge on any atom is -0.486 e. The van der Waals surface area contributed by atoms with E-state index < -0.39 is 5.92 Å². The number of thiazole rings is 1. The van der Waals surface area contributed by atoms with E-state index in [0.29, 0.717) is 54.9 Å². The Bertz CT molecular complexity index is 1350. The molecule has 35 heavy (non-hydrogen) atoms. The van der Waals surface area contributed by atoms with E-state index in [1.165, 1.54) is 11.3 Å². The number of carbonyl (C=O) groups is 3. The number of aromatic nitrogens is 1. The van der Waals surface area contributed by atoms with Crippen LogP contribution in [0.2, 0.25) is 0 Å². The summed E-state index contributed by atoms with van der Waals surface area (Å²) in [6.07, 6.45) is 1.30. The van der Waals surface area contributed by atoms with Gasteiger partial charge in [-0.05, 0) is 36.2 Å². The van der Waals surface area contributed by atoms with Gasteiger partial charge in [-0.1, -0.05) is 6.07 Å². The Morgan fingerprint density at radius 1 is 1.09 bits per heavy atom. The van der Waals surface area contributed by atoms with E-state index in [1.54, 1.807) is 17.0 Å². The van der Waals surface area contributed by atoms with Crippen molar-refractivity contribution in [3.05, 3.63) is 47.3 Å². The first kappa shape index (κ1) is 21.6. The second-order valence-electron chi connectivity index (χ2n) is 8.68. The highest BCUT2D eigenvalue weighted by Crippen LogP contribution is 2.36. The Hall–Kier alpha value is -3.92. The first-order valence-corrected chi connectivity index (χ1v) is 12.3. The third-order valence-corrected chi connectivity index (χ3v) is 7.12. The van der Waals surface area contributed by atoms with Crippen LogP contribution in [0.4, 0.5) is 16.5 Å². The van der Waals surface area contributed by atoms with Crippen molar-refractivity contribution in [2.24, 2.45) is 5.92 Å². The molecule has 3 aliphatic rings. The first-order valence-electron chi connectivity index (χ1n) is 11.4. The van der Waals surface area contributed by atoms with Gasteiger partial charge in [0.05, 0.1) is 11.6 Å². The largest absolute Gasteiger partial charge is 0.486 e. The zero-order valence-corrected chi connectivity index (χ0v) is 19.5. The highest BCUT2D eigenvalue weighted by molar-refractivity contribution is 7.14. The molecule has 3 amide bonds. The van der Waals surface area contributed by atoms with Crippen molar-refractivity contribution in [1.29, 1.82) is 0 Å². The standard InChI is InChI=1S/C25H22N4O5S/c30-22-6-2-14-9-15(1-4-18(14)26-22)19-13-35-25(27-19)28-24(32)16-10-23(31)29(12-16)17-3-5-20-21(11-17)34-8-7-33-20/h1,3-5,9,11,13,16H,2,6-8,10,12H2,(H,26,30)(H,27,28,32)/t16-/m1/s1. The molecule has 0 unspecified atom stereocenters. The molecule has 1 saturated heterocycles. The Morgan fingerprint density at radius 2 is 1.94 bits per heavy atom. The lowest BCUT2D eigenvalue weighted by atomic mass is 9.99. The summed E-state index contributed by atoms with van der Waals surface area (Å²) in [6.45, 7) is 1.26. The molecule has 0 bridgehead atoms. The molecule has 4 heterocycles. The molecule has 2 N–H and O–H groups in total. The highest BCUT2D eigenvalue weighted by Gasteiger charge is 2.36. The van der Waals surface area contributed by atoms with Gasteiger partial charge >= 0.3 is 0 Å². The van der Waals surface area contributed by atoms with Gasteiger partial charge in [0, 0.05) is 47.8 Å². The van der Waals surface area contributed by atoms with Crippen molar-refractivity contribution < 1.29 is 23.9 Å². The quantitative estimate of drug-likeness (QED) is 0.580. The number of anilines is 3. The Balaban J connectivity index is 1.13. The minimum atomic E-state index is -0.476. The number of amides is 3. The number of hydrogen-bond donors (Lipinski definition) is 2. The van der Waals surface area contributed by atoms with Crippen LogP contribution in [0.1, 0.15) is 18.4 Å². The summed E-state index contributed by atoms with van der Waals surface area (Å²) in [5.41, 5.74) is 4.28. The highest BCUT2D eigenvalue weighted by atomic mass is 32.1. The molecule has 10 heteroatoms. The monoisotopic (exact) mass is 490 g/mol. The third kappa shape index (κ3) is 4.21. The third-order valence-electron chi connectivity index (χ3n) is 6.36. The number of ether oxygens (including phenoxy) is 2. The fourth-order valence-corrected chi connectivity index (χ4v) is 5.27. The normalized spacial score (nSPS) is 18.7. The summed E-state index contributed by atoms with van der Waals surface area (Å²) >= 11 is 1.34. The van der Waals surface area contributed by atoms with Crippen LogP contribution < -0.4 is 25.0 Å². The van der Waals surface area contributed by atoms with E-state index in [2.05, 4.69) is 15.6 Å². The van der Waals surface area contributed by atoms with Gasteiger partial charge in [-0.3, -0.25) is 14.4 Å². The van der Waals surface area contributed by atoms with E-state index in [0.717, 1.165) is 22.5 Å². The lowest BCUT2D eigenvalue weighted by molar-refractivity contribution is -0.122. The molecule has 1 fully saturated rings. The summed E-state index contributed by atoms with van der Waals surface area (Å²) < 4.78 is 11.2. The first-order chi connectivity index (χ1) is 17.0. The Labute approximate surface area is 205 Å². The summed E-state index contributed by atoms with van der Waals surface area (Å²) in [6, 6.07) is 11.2. The minimum absolute atomic E-state index is 0.0295. The summed E-state index contributed by atoms with van der Waals surface area (Å²) in [5.74, 6) is 0.478. The van der Waals surface area contributed by atoms with E-state index in [-0.39, 0.29) is 24.1 Å². The van der Waals surface area contributed by atoms with Crippen molar-refractivity contribution in [1.82, 2.24) is 4.98 Å². The predicted octanol–water partition coefficient (Wildman–Crippen LogP) is 3.46.